The fraction of sp³-hybridized carbons (Fsp3) is 0.889. The number of aliphatic carboxylic acids is 3. The summed E-state index contributed by atoms with van der Waals surface area (Å²) in [7, 11) is 0. The van der Waals surface area contributed by atoms with E-state index in [0.29, 0.717) is 0 Å². The minimum absolute atomic E-state index is 0. The van der Waals surface area contributed by atoms with Crippen LogP contribution in [0.2, 0.25) is 0 Å². The van der Waals surface area contributed by atoms with E-state index in [9.17, 15) is 29.7 Å². The van der Waals surface area contributed by atoms with Gasteiger partial charge in [-0.2, -0.15) is 0 Å². The van der Waals surface area contributed by atoms with Crippen LogP contribution in [0.4, 0.5) is 0 Å². The van der Waals surface area contributed by atoms with Gasteiger partial charge in [0.1, 0.15) is 0 Å². The van der Waals surface area contributed by atoms with Crippen LogP contribution in [0.5, 0.6) is 0 Å². The summed E-state index contributed by atoms with van der Waals surface area (Å²) in [6.07, 6.45) is 20.9. The van der Waals surface area contributed by atoms with Crippen molar-refractivity contribution < 1.29 is 71.0 Å². The zero-order chi connectivity index (χ0) is 25.6. The van der Waals surface area contributed by atoms with Gasteiger partial charge in [-0.05, 0) is 38.5 Å². The molecule has 0 heterocycles. The van der Waals surface area contributed by atoms with Gasteiger partial charge in [-0.25, -0.2) is 0 Å². The first-order chi connectivity index (χ1) is 15.8. The average Bonchev–Trinajstić information content (AvgIpc) is 2.76. The predicted octanol–water partition coefficient (Wildman–Crippen LogP) is 4.46. The molecule has 0 aromatic carbocycles. The van der Waals surface area contributed by atoms with Gasteiger partial charge in [-0.3, -0.25) is 0 Å². The van der Waals surface area contributed by atoms with Crippen molar-refractivity contribution in [3.63, 3.8) is 0 Å². The molecule has 0 radical (unpaired) electrons. The van der Waals surface area contributed by atoms with Gasteiger partial charge in [-0.1, -0.05) is 117 Å². The minimum Gasteiger partial charge on any atom is -0.550 e. The molecule has 6 nitrogen and oxygen atoms in total. The van der Waals surface area contributed by atoms with Gasteiger partial charge in [0.2, 0.25) is 0 Å². The van der Waals surface area contributed by atoms with E-state index in [1.165, 1.54) is 77.0 Å². The molecule has 0 aromatic rings. The number of unbranched alkanes of at least 4 members (excludes halogenated alkanes) is 15. The molecule has 7 heteroatoms. The fourth-order valence-electron chi connectivity index (χ4n) is 3.15. The summed E-state index contributed by atoms with van der Waals surface area (Å²) in [6.45, 7) is 6.50. The van der Waals surface area contributed by atoms with E-state index in [-0.39, 0.29) is 60.6 Å². The van der Waals surface area contributed by atoms with Crippen molar-refractivity contribution in [2.24, 2.45) is 0 Å². The van der Waals surface area contributed by atoms with Gasteiger partial charge in [0, 0.05) is 17.9 Å². The molecule has 0 amide bonds. The van der Waals surface area contributed by atoms with Gasteiger partial charge in [0.25, 0.3) is 0 Å². The number of rotatable bonds is 21. The van der Waals surface area contributed by atoms with E-state index in [1.807, 2.05) is 0 Å². The van der Waals surface area contributed by atoms with Gasteiger partial charge < -0.3 is 29.7 Å². The quantitative estimate of drug-likeness (QED) is 0.177. The number of carboxylic acid groups (broad SMARTS) is 3. The molecule has 0 bridgehead atoms. The smallest absolute Gasteiger partial charge is 0.550 e. The van der Waals surface area contributed by atoms with Crippen LogP contribution in [-0.4, -0.2) is 17.9 Å². The molecule has 0 unspecified atom stereocenters. The third-order valence-corrected chi connectivity index (χ3v) is 5.20. The Bertz CT molecular complexity index is 368. The second-order valence-corrected chi connectivity index (χ2v) is 8.67. The zero-order valence-electron chi connectivity index (χ0n) is 22.4. The van der Waals surface area contributed by atoms with Crippen LogP contribution in [0, 0.1) is 41.3 Å². The molecule has 0 N–H and O–H groups in total. The maximum absolute atomic E-state index is 9.98. The van der Waals surface area contributed by atoms with Crippen LogP contribution in [0.1, 0.15) is 156 Å². The summed E-state index contributed by atoms with van der Waals surface area (Å²) < 4.78 is 0. The molecular formula is C27H51O6Pr. The Hall–Kier alpha value is -0.226. The van der Waals surface area contributed by atoms with Crippen LogP contribution in [-0.2, 0) is 14.4 Å². The molecule has 34 heavy (non-hydrogen) atoms. The number of hydrogen-bond donors (Lipinski definition) is 0. The number of hydrogen-bond acceptors (Lipinski definition) is 6. The van der Waals surface area contributed by atoms with E-state index in [4.69, 9.17) is 0 Å². The number of carboxylic acids is 3. The summed E-state index contributed by atoms with van der Waals surface area (Å²) >= 11 is 0. The largest absolute Gasteiger partial charge is 3.00 e. The Labute approximate surface area is 243 Å². The van der Waals surface area contributed by atoms with Crippen molar-refractivity contribution in [2.75, 3.05) is 0 Å². The van der Waals surface area contributed by atoms with Crippen LogP contribution in [0.3, 0.4) is 0 Å². The molecule has 0 aliphatic carbocycles. The van der Waals surface area contributed by atoms with Crippen LogP contribution in [0.25, 0.3) is 0 Å². The van der Waals surface area contributed by atoms with Crippen LogP contribution >= 0.6 is 0 Å². The van der Waals surface area contributed by atoms with Gasteiger partial charge >= 0.3 is 41.3 Å². The van der Waals surface area contributed by atoms with Crippen molar-refractivity contribution in [1.29, 1.82) is 0 Å². The second-order valence-electron chi connectivity index (χ2n) is 8.67. The van der Waals surface area contributed by atoms with Crippen molar-refractivity contribution in [3.05, 3.63) is 0 Å². The van der Waals surface area contributed by atoms with Crippen LogP contribution in [0.15, 0.2) is 0 Å². The first-order valence-electron chi connectivity index (χ1n) is 13.4. The summed E-state index contributed by atoms with van der Waals surface area (Å²) in [5.74, 6) is -2.75. The maximum atomic E-state index is 9.98. The Kier molecular flexibility index (Phi) is 44.9. The van der Waals surface area contributed by atoms with E-state index < -0.39 is 17.9 Å². The Morgan fingerprint density at radius 1 is 0.382 bits per heavy atom. The van der Waals surface area contributed by atoms with Crippen molar-refractivity contribution in [2.45, 2.75) is 156 Å². The molecule has 0 saturated heterocycles. The topological polar surface area (TPSA) is 120 Å². The number of carbonyl (C=O) groups is 3. The second kappa shape index (κ2) is 37.3. The minimum atomic E-state index is -0.916. The standard InChI is InChI=1S/3C9H18O2.Pr/c3*1-2-3-4-5-6-7-8-9(10)11;/h3*2-8H2,1H3,(H,10,11);/q;;;+3/p-3. The fourth-order valence-corrected chi connectivity index (χ4v) is 3.15. The Morgan fingerprint density at radius 2 is 0.559 bits per heavy atom. The molecule has 0 fully saturated rings. The SMILES string of the molecule is CCCCCCCCC(=O)[O-].CCCCCCCCC(=O)[O-].CCCCCCCCC(=O)[O-].[Pr+3]. The molecular weight excluding hydrogens is 561 g/mol. The van der Waals surface area contributed by atoms with Gasteiger partial charge in [0.15, 0.2) is 0 Å². The van der Waals surface area contributed by atoms with Crippen molar-refractivity contribution in [1.82, 2.24) is 0 Å². The molecule has 198 valence electrons. The van der Waals surface area contributed by atoms with Crippen molar-refractivity contribution in [3.8, 4) is 0 Å². The summed E-state index contributed by atoms with van der Waals surface area (Å²) in [5.41, 5.74) is 0. The maximum Gasteiger partial charge on any atom is 3.00 e. The molecule has 0 saturated carbocycles. The summed E-state index contributed by atoms with van der Waals surface area (Å²) in [5, 5.41) is 29.9. The zero-order valence-corrected chi connectivity index (χ0v) is 26.1. The van der Waals surface area contributed by atoms with E-state index in [1.54, 1.807) is 0 Å². The van der Waals surface area contributed by atoms with Crippen LogP contribution < -0.4 is 15.3 Å². The average molecular weight is 613 g/mol. The van der Waals surface area contributed by atoms with Gasteiger partial charge in [-0.15, -0.1) is 0 Å². The normalized spacial score (nSPS) is 9.62. The molecule has 0 aliphatic heterocycles. The van der Waals surface area contributed by atoms with E-state index in [0.717, 1.165) is 38.5 Å². The van der Waals surface area contributed by atoms with Gasteiger partial charge in [0.05, 0.1) is 0 Å². The molecule has 0 aliphatic rings. The first-order valence-corrected chi connectivity index (χ1v) is 13.4. The van der Waals surface area contributed by atoms with E-state index in [2.05, 4.69) is 20.8 Å². The summed E-state index contributed by atoms with van der Waals surface area (Å²) in [4.78, 5) is 29.9. The summed E-state index contributed by atoms with van der Waals surface area (Å²) in [6, 6.07) is 0. The molecule has 0 aromatic heterocycles. The molecule has 0 rings (SSSR count). The molecule has 0 spiro atoms. The third-order valence-electron chi connectivity index (χ3n) is 5.20. The van der Waals surface area contributed by atoms with Crippen molar-refractivity contribution >= 4 is 17.9 Å². The molecule has 0 atom stereocenters. The monoisotopic (exact) mass is 612 g/mol. The Balaban J connectivity index is -0.000000196. The number of carbonyl (C=O) groups excluding carboxylic acids is 3. The first kappa shape index (κ1) is 40.9. The third kappa shape index (κ3) is 53.2. The Morgan fingerprint density at radius 3 is 0.735 bits per heavy atom. The predicted molar refractivity (Wildman–Crippen MR) is 129 cm³/mol. The van der Waals surface area contributed by atoms with E-state index >= 15 is 0 Å².